The van der Waals surface area contributed by atoms with E-state index in [1.807, 2.05) is 0 Å². The van der Waals surface area contributed by atoms with Crippen molar-refractivity contribution in [2.24, 2.45) is 5.92 Å². The SMILES string of the molecule is CC(C)CSc1nnc(Nc2cccc(F)c2)s1. The maximum Gasteiger partial charge on any atom is 0.210 e. The lowest BCUT2D eigenvalue weighted by molar-refractivity contribution is 0.628. The average Bonchev–Trinajstić information content (AvgIpc) is 2.74. The van der Waals surface area contributed by atoms with Gasteiger partial charge in [0.25, 0.3) is 0 Å². The summed E-state index contributed by atoms with van der Waals surface area (Å²) >= 11 is 3.18. The van der Waals surface area contributed by atoms with Gasteiger partial charge in [0.05, 0.1) is 0 Å². The predicted octanol–water partition coefficient (Wildman–Crippen LogP) is 4.17. The van der Waals surface area contributed by atoms with Gasteiger partial charge < -0.3 is 5.32 Å². The Morgan fingerprint density at radius 1 is 1.39 bits per heavy atom. The summed E-state index contributed by atoms with van der Waals surface area (Å²) in [5, 5.41) is 11.8. The highest BCUT2D eigenvalue weighted by atomic mass is 32.2. The van der Waals surface area contributed by atoms with Crippen molar-refractivity contribution >= 4 is 33.9 Å². The Labute approximate surface area is 114 Å². The number of anilines is 2. The summed E-state index contributed by atoms with van der Waals surface area (Å²) in [4.78, 5) is 0. The van der Waals surface area contributed by atoms with Crippen molar-refractivity contribution in [3.63, 3.8) is 0 Å². The molecule has 6 heteroatoms. The summed E-state index contributed by atoms with van der Waals surface area (Å²) in [6.07, 6.45) is 0. The van der Waals surface area contributed by atoms with Crippen molar-refractivity contribution in [3.05, 3.63) is 30.1 Å². The van der Waals surface area contributed by atoms with Gasteiger partial charge in [0.2, 0.25) is 5.13 Å². The van der Waals surface area contributed by atoms with Crippen molar-refractivity contribution in [1.82, 2.24) is 10.2 Å². The lowest BCUT2D eigenvalue weighted by atomic mass is 10.3. The summed E-state index contributed by atoms with van der Waals surface area (Å²) in [6.45, 7) is 4.33. The van der Waals surface area contributed by atoms with Crippen LogP contribution in [0.2, 0.25) is 0 Å². The molecule has 0 aliphatic carbocycles. The third-order valence-electron chi connectivity index (χ3n) is 2.02. The van der Waals surface area contributed by atoms with Gasteiger partial charge in [-0.2, -0.15) is 0 Å². The number of aromatic nitrogens is 2. The van der Waals surface area contributed by atoms with Crippen molar-refractivity contribution in [3.8, 4) is 0 Å². The molecule has 0 radical (unpaired) electrons. The van der Waals surface area contributed by atoms with Gasteiger partial charge in [-0.3, -0.25) is 0 Å². The van der Waals surface area contributed by atoms with Gasteiger partial charge in [-0.1, -0.05) is 43.0 Å². The third-order valence-corrected chi connectivity index (χ3v) is 4.42. The topological polar surface area (TPSA) is 37.8 Å². The molecule has 0 amide bonds. The maximum atomic E-state index is 13.0. The van der Waals surface area contributed by atoms with Crippen LogP contribution in [0.4, 0.5) is 15.2 Å². The Morgan fingerprint density at radius 3 is 2.94 bits per heavy atom. The van der Waals surface area contributed by atoms with Crippen molar-refractivity contribution in [2.75, 3.05) is 11.1 Å². The molecule has 2 aromatic rings. The minimum Gasteiger partial charge on any atom is -0.330 e. The van der Waals surface area contributed by atoms with Crippen LogP contribution in [0.15, 0.2) is 28.6 Å². The predicted molar refractivity (Wildman–Crippen MR) is 75.2 cm³/mol. The monoisotopic (exact) mass is 283 g/mol. The molecule has 0 bridgehead atoms. The van der Waals surface area contributed by atoms with Crippen molar-refractivity contribution in [1.29, 1.82) is 0 Å². The molecule has 0 spiro atoms. The summed E-state index contributed by atoms with van der Waals surface area (Å²) in [5.41, 5.74) is 0.687. The fourth-order valence-corrected chi connectivity index (χ4v) is 2.99. The number of benzene rings is 1. The maximum absolute atomic E-state index is 13.0. The molecule has 0 saturated heterocycles. The van der Waals surface area contributed by atoms with Crippen LogP contribution in [0.3, 0.4) is 0 Å². The Hall–Kier alpha value is -1.14. The molecule has 1 N–H and O–H groups in total. The van der Waals surface area contributed by atoms with E-state index in [1.165, 1.54) is 23.5 Å². The minimum absolute atomic E-state index is 0.265. The first-order valence-corrected chi connectivity index (χ1v) is 7.42. The molecule has 1 aromatic heterocycles. The van der Waals surface area contributed by atoms with Gasteiger partial charge in [0.1, 0.15) is 5.82 Å². The first-order chi connectivity index (χ1) is 8.63. The van der Waals surface area contributed by atoms with Crippen LogP contribution >= 0.6 is 23.1 Å². The number of hydrogen-bond donors (Lipinski definition) is 1. The number of nitrogens with one attached hydrogen (secondary N) is 1. The standard InChI is InChI=1S/C12H14FN3S2/c1-8(2)7-17-12-16-15-11(18-12)14-10-5-3-4-9(13)6-10/h3-6,8H,7H2,1-2H3,(H,14,15). The normalized spacial score (nSPS) is 10.9. The van der Waals surface area contributed by atoms with E-state index in [1.54, 1.807) is 23.9 Å². The second kappa shape index (κ2) is 6.15. The molecule has 1 aromatic carbocycles. The largest absolute Gasteiger partial charge is 0.330 e. The van der Waals surface area contributed by atoms with Crippen LogP contribution in [0.1, 0.15) is 13.8 Å². The quantitative estimate of drug-likeness (QED) is 0.836. The number of hydrogen-bond acceptors (Lipinski definition) is 5. The van der Waals surface area contributed by atoms with Crippen LogP contribution in [0, 0.1) is 11.7 Å². The van der Waals surface area contributed by atoms with E-state index in [0.29, 0.717) is 16.7 Å². The van der Waals surface area contributed by atoms with E-state index in [9.17, 15) is 4.39 Å². The summed E-state index contributed by atoms with van der Waals surface area (Å²) in [5.74, 6) is 1.38. The number of thioether (sulfide) groups is 1. The highest BCUT2D eigenvalue weighted by Crippen LogP contribution is 2.28. The molecule has 0 unspecified atom stereocenters. The molecule has 0 aliphatic rings. The summed E-state index contributed by atoms with van der Waals surface area (Å²) in [6, 6.07) is 6.30. The van der Waals surface area contributed by atoms with Crippen LogP contribution in [-0.2, 0) is 0 Å². The van der Waals surface area contributed by atoms with Crippen LogP contribution < -0.4 is 5.32 Å². The van der Waals surface area contributed by atoms with Gasteiger partial charge in [-0.05, 0) is 24.1 Å². The second-order valence-corrected chi connectivity index (χ2v) is 6.46. The van der Waals surface area contributed by atoms with E-state index >= 15 is 0 Å². The average molecular weight is 283 g/mol. The molecule has 0 saturated carbocycles. The zero-order chi connectivity index (χ0) is 13.0. The summed E-state index contributed by atoms with van der Waals surface area (Å²) in [7, 11) is 0. The highest BCUT2D eigenvalue weighted by molar-refractivity contribution is 8.01. The molecular formula is C12H14FN3S2. The number of halogens is 1. The lowest BCUT2D eigenvalue weighted by Crippen LogP contribution is -1.89. The second-order valence-electron chi connectivity index (χ2n) is 4.21. The van der Waals surface area contributed by atoms with E-state index in [-0.39, 0.29) is 5.82 Å². The zero-order valence-corrected chi connectivity index (χ0v) is 11.8. The van der Waals surface area contributed by atoms with Crippen LogP contribution in [0.25, 0.3) is 0 Å². The third kappa shape index (κ3) is 3.96. The van der Waals surface area contributed by atoms with Crippen molar-refractivity contribution in [2.45, 2.75) is 18.2 Å². The van der Waals surface area contributed by atoms with E-state index in [2.05, 4.69) is 29.4 Å². The minimum atomic E-state index is -0.265. The zero-order valence-electron chi connectivity index (χ0n) is 10.2. The first kappa shape index (κ1) is 13.3. The molecule has 96 valence electrons. The fourth-order valence-electron chi connectivity index (χ4n) is 1.25. The van der Waals surface area contributed by atoms with Gasteiger partial charge in [-0.15, -0.1) is 10.2 Å². The fraction of sp³-hybridized carbons (Fsp3) is 0.333. The van der Waals surface area contributed by atoms with E-state index < -0.39 is 0 Å². The van der Waals surface area contributed by atoms with Gasteiger partial charge in [0, 0.05) is 11.4 Å². The number of rotatable bonds is 5. The molecule has 2 rings (SSSR count). The Morgan fingerprint density at radius 2 is 2.22 bits per heavy atom. The molecule has 0 fully saturated rings. The molecule has 1 heterocycles. The van der Waals surface area contributed by atoms with Crippen LogP contribution in [0.5, 0.6) is 0 Å². The number of nitrogens with zero attached hydrogens (tertiary/aromatic N) is 2. The molecule has 18 heavy (non-hydrogen) atoms. The highest BCUT2D eigenvalue weighted by Gasteiger charge is 2.06. The lowest BCUT2D eigenvalue weighted by Gasteiger charge is -2.01. The Balaban J connectivity index is 1.98. The van der Waals surface area contributed by atoms with Crippen LogP contribution in [-0.4, -0.2) is 16.0 Å². The molecule has 0 aliphatic heterocycles. The van der Waals surface area contributed by atoms with Gasteiger partial charge in [0.15, 0.2) is 4.34 Å². The van der Waals surface area contributed by atoms with Gasteiger partial charge in [-0.25, -0.2) is 4.39 Å². The van der Waals surface area contributed by atoms with Gasteiger partial charge >= 0.3 is 0 Å². The smallest absolute Gasteiger partial charge is 0.210 e. The van der Waals surface area contributed by atoms with Crippen molar-refractivity contribution < 1.29 is 4.39 Å². The van der Waals surface area contributed by atoms with E-state index in [0.717, 1.165) is 10.1 Å². The molecular weight excluding hydrogens is 269 g/mol. The van der Waals surface area contributed by atoms with E-state index in [4.69, 9.17) is 0 Å². The summed E-state index contributed by atoms with van der Waals surface area (Å²) < 4.78 is 13.9. The first-order valence-electron chi connectivity index (χ1n) is 5.62. The molecule has 3 nitrogen and oxygen atoms in total. The molecule has 0 atom stereocenters. The Bertz CT molecular complexity index is 514. The Kier molecular flexibility index (Phi) is 4.54.